The van der Waals surface area contributed by atoms with E-state index in [9.17, 15) is 8.42 Å². The predicted molar refractivity (Wildman–Crippen MR) is 109 cm³/mol. The van der Waals surface area contributed by atoms with Gasteiger partial charge in [0.25, 0.3) is 0 Å². The molecule has 0 radical (unpaired) electrons. The van der Waals surface area contributed by atoms with Crippen LogP contribution < -0.4 is 37.1 Å². The number of methoxy groups -OCH3 is 1. The van der Waals surface area contributed by atoms with E-state index >= 15 is 0 Å². The number of nitrogens with one attached hydrogen (secondary N) is 1. The molecule has 0 aliphatic carbocycles. The molecule has 0 fully saturated rings. The van der Waals surface area contributed by atoms with Crippen molar-refractivity contribution >= 4 is 10.0 Å². The van der Waals surface area contributed by atoms with Crippen LogP contribution in [0.3, 0.4) is 0 Å². The number of sulfonamides is 1. The Kier molecular flexibility index (Phi) is 10.2. The van der Waals surface area contributed by atoms with Gasteiger partial charge >= 0.3 is 0 Å². The lowest BCUT2D eigenvalue weighted by Crippen LogP contribution is -3.00. The Morgan fingerprint density at radius 2 is 1.72 bits per heavy atom. The van der Waals surface area contributed by atoms with Gasteiger partial charge in [-0.05, 0) is 50.1 Å². The van der Waals surface area contributed by atoms with Gasteiger partial charge in [-0.1, -0.05) is 18.2 Å². The Bertz CT molecular complexity index is 877. The first-order valence-corrected chi connectivity index (χ1v) is 10.7. The average molecular weight is 444 g/mol. The molecular formula is C20H28ClN2O5S-. The van der Waals surface area contributed by atoms with Crippen molar-refractivity contribution < 1.29 is 35.0 Å². The van der Waals surface area contributed by atoms with Crippen molar-refractivity contribution in [1.29, 1.82) is 0 Å². The molecule has 0 spiro atoms. The second-order valence-corrected chi connectivity index (χ2v) is 7.85. The summed E-state index contributed by atoms with van der Waals surface area (Å²) < 4.78 is 39.9. The fourth-order valence-electron chi connectivity index (χ4n) is 2.81. The average Bonchev–Trinajstić information content (AvgIpc) is 2.66. The van der Waals surface area contributed by atoms with Crippen LogP contribution >= 0.6 is 0 Å². The molecule has 0 aliphatic heterocycles. The van der Waals surface area contributed by atoms with Gasteiger partial charge in [-0.15, -0.1) is 0 Å². The summed E-state index contributed by atoms with van der Waals surface area (Å²) in [5.74, 6) is 1.69. The summed E-state index contributed by atoms with van der Waals surface area (Å²) >= 11 is 0. The minimum atomic E-state index is -3.84. The summed E-state index contributed by atoms with van der Waals surface area (Å²) in [5.41, 5.74) is 0.854. The number of benzene rings is 2. The van der Waals surface area contributed by atoms with Gasteiger partial charge in [0.05, 0.1) is 13.7 Å². The first-order chi connectivity index (χ1) is 13.3. The number of hydrogen-bond donors (Lipinski definition) is 2. The van der Waals surface area contributed by atoms with Crippen molar-refractivity contribution in [3.05, 3.63) is 48.0 Å². The van der Waals surface area contributed by atoms with E-state index in [4.69, 9.17) is 19.3 Å². The van der Waals surface area contributed by atoms with Crippen LogP contribution in [0.1, 0.15) is 19.4 Å². The van der Waals surface area contributed by atoms with Gasteiger partial charge in [0, 0.05) is 12.6 Å². The molecule has 0 unspecified atom stereocenters. The van der Waals surface area contributed by atoms with Gasteiger partial charge < -0.3 is 31.9 Å². The van der Waals surface area contributed by atoms with Crippen LogP contribution in [0, 0.1) is 0 Å². The third kappa shape index (κ3) is 7.74. The smallest absolute Gasteiger partial charge is 0.241 e. The van der Waals surface area contributed by atoms with E-state index in [0.717, 1.165) is 11.3 Å². The van der Waals surface area contributed by atoms with Crippen LogP contribution in [0.4, 0.5) is 0 Å². The number of halogens is 1. The maximum absolute atomic E-state index is 11.7. The van der Waals surface area contributed by atoms with Gasteiger partial charge in [-0.2, -0.15) is 0 Å². The zero-order valence-corrected chi connectivity index (χ0v) is 18.4. The lowest BCUT2D eigenvalue weighted by molar-refractivity contribution is -0.00000977. The molecule has 162 valence electrons. The molecule has 0 amide bonds. The second-order valence-electron chi connectivity index (χ2n) is 6.32. The highest BCUT2D eigenvalue weighted by Crippen LogP contribution is 2.26. The molecule has 0 heterocycles. The maximum Gasteiger partial charge on any atom is 0.241 e. The molecule has 9 heteroatoms. The molecule has 3 N–H and O–H groups in total. The molecule has 29 heavy (non-hydrogen) atoms. The summed E-state index contributed by atoms with van der Waals surface area (Å²) in [6.07, 6.45) is 0.641. The number of primary sulfonamides is 1. The summed E-state index contributed by atoms with van der Waals surface area (Å²) in [6.45, 7) is 5.66. The molecule has 0 bridgehead atoms. The first-order valence-electron chi connectivity index (χ1n) is 9.13. The molecule has 0 saturated carbocycles. The fraction of sp³-hybridized carbons (Fsp3) is 0.400. The standard InChI is InChI=1S/C20H28N2O5S.ClH/c1-4-26-17-7-5-6-8-18(17)27-12-11-22-15(2)13-16-9-10-19(25-3)20(14-16)28(21,23)24;/h5-10,14-15,22H,4,11-13H2,1-3H3,(H2,21,23,24);1H/p-1/t15-;/m1./s1. The molecule has 7 nitrogen and oxygen atoms in total. The summed E-state index contributed by atoms with van der Waals surface area (Å²) in [4.78, 5) is -0.00411. The SMILES string of the molecule is CCOc1ccccc1OCCN[C@H](C)Cc1ccc(OC)c(S(N)(=O)=O)c1.[Cl-]. The van der Waals surface area contributed by atoms with E-state index < -0.39 is 10.0 Å². The van der Waals surface area contributed by atoms with Crippen LogP contribution in [0.15, 0.2) is 47.4 Å². The fourth-order valence-corrected chi connectivity index (χ4v) is 3.55. The Hall–Kier alpha value is -2.00. The predicted octanol–water partition coefficient (Wildman–Crippen LogP) is -0.655. The normalized spacial score (nSPS) is 12.0. The number of hydrogen-bond acceptors (Lipinski definition) is 6. The molecular weight excluding hydrogens is 416 g/mol. The van der Waals surface area contributed by atoms with Gasteiger partial charge in [0.2, 0.25) is 10.0 Å². The van der Waals surface area contributed by atoms with Crippen molar-refractivity contribution in [3.63, 3.8) is 0 Å². The van der Waals surface area contributed by atoms with E-state index in [0.29, 0.717) is 31.9 Å². The van der Waals surface area contributed by atoms with E-state index in [1.165, 1.54) is 7.11 Å². The zero-order valence-electron chi connectivity index (χ0n) is 16.9. The molecule has 1 atom stereocenters. The van der Waals surface area contributed by atoms with E-state index in [1.54, 1.807) is 12.1 Å². The highest BCUT2D eigenvalue weighted by molar-refractivity contribution is 7.89. The van der Waals surface area contributed by atoms with Crippen LogP contribution in [-0.2, 0) is 16.4 Å². The van der Waals surface area contributed by atoms with Crippen LogP contribution in [0.2, 0.25) is 0 Å². The van der Waals surface area contributed by atoms with E-state index in [2.05, 4.69) is 5.32 Å². The molecule has 0 aromatic heterocycles. The largest absolute Gasteiger partial charge is 1.00 e. The van der Waals surface area contributed by atoms with Crippen molar-refractivity contribution in [2.75, 3.05) is 26.9 Å². The Morgan fingerprint density at radius 3 is 2.31 bits per heavy atom. The van der Waals surface area contributed by atoms with E-state index in [-0.39, 0.29) is 29.1 Å². The number of rotatable bonds is 11. The number of nitrogens with two attached hydrogens (primary N) is 1. The maximum atomic E-state index is 11.7. The van der Waals surface area contributed by atoms with Crippen LogP contribution in [-0.4, -0.2) is 41.3 Å². The zero-order chi connectivity index (χ0) is 20.6. The van der Waals surface area contributed by atoms with Gasteiger partial charge in [0.15, 0.2) is 11.5 Å². The Balaban J connectivity index is 0.00000420. The third-order valence-corrected chi connectivity index (χ3v) is 5.01. The molecule has 2 rings (SSSR count). The summed E-state index contributed by atoms with van der Waals surface area (Å²) in [6, 6.07) is 12.7. The van der Waals surface area contributed by atoms with Crippen molar-refractivity contribution in [2.24, 2.45) is 5.14 Å². The summed E-state index contributed by atoms with van der Waals surface area (Å²) in [5, 5.41) is 8.63. The highest BCUT2D eigenvalue weighted by Gasteiger charge is 2.16. The molecule has 2 aromatic rings. The van der Waals surface area contributed by atoms with E-state index in [1.807, 2.05) is 44.2 Å². The Labute approximate surface area is 179 Å². The monoisotopic (exact) mass is 443 g/mol. The van der Waals surface area contributed by atoms with Crippen LogP contribution in [0.25, 0.3) is 0 Å². The molecule has 2 aromatic carbocycles. The Morgan fingerprint density at radius 1 is 1.07 bits per heavy atom. The minimum Gasteiger partial charge on any atom is -1.00 e. The lowest BCUT2D eigenvalue weighted by atomic mass is 10.1. The van der Waals surface area contributed by atoms with Gasteiger partial charge in [-0.3, -0.25) is 0 Å². The van der Waals surface area contributed by atoms with Crippen molar-refractivity contribution in [2.45, 2.75) is 31.2 Å². The highest BCUT2D eigenvalue weighted by atomic mass is 35.5. The lowest BCUT2D eigenvalue weighted by Gasteiger charge is -2.16. The summed E-state index contributed by atoms with van der Waals surface area (Å²) in [7, 11) is -2.43. The minimum absolute atomic E-state index is 0. The molecule has 0 saturated heterocycles. The first kappa shape index (κ1) is 25.0. The van der Waals surface area contributed by atoms with Crippen LogP contribution in [0.5, 0.6) is 17.2 Å². The second kappa shape index (κ2) is 11.9. The van der Waals surface area contributed by atoms with Gasteiger partial charge in [-0.25, -0.2) is 13.6 Å². The van der Waals surface area contributed by atoms with Crippen molar-refractivity contribution in [3.8, 4) is 17.2 Å². The quantitative estimate of drug-likeness (QED) is 0.447. The van der Waals surface area contributed by atoms with Crippen molar-refractivity contribution in [1.82, 2.24) is 5.32 Å². The topological polar surface area (TPSA) is 99.9 Å². The third-order valence-electron chi connectivity index (χ3n) is 4.08. The van der Waals surface area contributed by atoms with Gasteiger partial charge in [0.1, 0.15) is 17.3 Å². The number of para-hydroxylation sites is 2. The number of ether oxygens (including phenoxy) is 3. The molecule has 0 aliphatic rings.